The zero-order valence-corrected chi connectivity index (χ0v) is 9.16. The summed E-state index contributed by atoms with van der Waals surface area (Å²) in [6.07, 6.45) is 4.82. The number of hydrogen-bond acceptors (Lipinski definition) is 3. The molecule has 1 amide bonds. The second-order valence-electron chi connectivity index (χ2n) is 3.71. The highest BCUT2D eigenvalue weighted by atomic mass is 16.5. The van der Waals surface area contributed by atoms with Gasteiger partial charge in [-0.15, -0.1) is 0 Å². The molecule has 4 nitrogen and oxygen atoms in total. The number of ether oxygens (including phenoxy) is 1. The topological polar surface area (TPSA) is 58.6 Å². The van der Waals surface area contributed by atoms with E-state index in [0.717, 1.165) is 19.3 Å². The maximum Gasteiger partial charge on any atom is 0.286 e. The summed E-state index contributed by atoms with van der Waals surface area (Å²) in [7, 11) is 0. The smallest absolute Gasteiger partial charge is 0.286 e. The molecule has 1 atom stereocenters. The molecule has 0 aliphatic carbocycles. The van der Waals surface area contributed by atoms with E-state index >= 15 is 0 Å². The number of hydrogen-bond donors (Lipinski definition) is 2. The lowest BCUT2D eigenvalue weighted by Crippen LogP contribution is -2.34. The van der Waals surface area contributed by atoms with E-state index in [0.29, 0.717) is 25.3 Å². The van der Waals surface area contributed by atoms with E-state index < -0.39 is 6.10 Å². The van der Waals surface area contributed by atoms with Crippen LogP contribution in [0, 0.1) is 0 Å². The number of carbonyl (C=O) groups is 1. The van der Waals surface area contributed by atoms with Crippen molar-refractivity contribution >= 4 is 5.91 Å². The molecule has 0 radical (unpaired) electrons. The third-order valence-corrected chi connectivity index (χ3v) is 2.28. The molecule has 4 heteroatoms. The Morgan fingerprint density at radius 3 is 3.13 bits per heavy atom. The van der Waals surface area contributed by atoms with Gasteiger partial charge >= 0.3 is 0 Å². The summed E-state index contributed by atoms with van der Waals surface area (Å²) in [5.74, 6) is 0.176. The Balaban J connectivity index is 2.26. The van der Waals surface area contributed by atoms with Gasteiger partial charge in [-0.25, -0.2) is 0 Å². The Bertz CT molecular complexity index is 238. The molecule has 0 aromatic carbocycles. The van der Waals surface area contributed by atoms with Crippen LogP contribution in [0.5, 0.6) is 0 Å². The molecule has 1 aliphatic rings. The van der Waals surface area contributed by atoms with Crippen LogP contribution in [-0.2, 0) is 9.53 Å². The predicted octanol–water partition coefficient (Wildman–Crippen LogP) is 0.958. The van der Waals surface area contributed by atoms with Crippen molar-refractivity contribution in [3.63, 3.8) is 0 Å². The van der Waals surface area contributed by atoms with Crippen molar-refractivity contribution in [3.8, 4) is 0 Å². The Morgan fingerprint density at radius 1 is 1.73 bits per heavy atom. The summed E-state index contributed by atoms with van der Waals surface area (Å²) in [5.41, 5.74) is 0. The molecule has 1 aliphatic heterocycles. The number of rotatable bonds is 5. The average Bonchev–Trinajstić information content (AvgIpc) is 2.27. The van der Waals surface area contributed by atoms with E-state index in [2.05, 4.69) is 5.32 Å². The highest BCUT2D eigenvalue weighted by Gasteiger charge is 2.14. The Hall–Kier alpha value is -1.03. The fourth-order valence-electron chi connectivity index (χ4n) is 1.45. The molecule has 0 saturated heterocycles. The maximum absolute atomic E-state index is 11.5. The van der Waals surface area contributed by atoms with Crippen LogP contribution in [0.3, 0.4) is 0 Å². The Morgan fingerprint density at radius 2 is 2.53 bits per heavy atom. The quantitative estimate of drug-likeness (QED) is 0.715. The van der Waals surface area contributed by atoms with Gasteiger partial charge in [0.25, 0.3) is 5.91 Å². The molecule has 1 rings (SSSR count). The van der Waals surface area contributed by atoms with Crippen molar-refractivity contribution in [1.29, 1.82) is 0 Å². The average molecular weight is 213 g/mol. The minimum atomic E-state index is -0.455. The molecule has 1 unspecified atom stereocenters. The van der Waals surface area contributed by atoms with Crippen LogP contribution in [0.4, 0.5) is 0 Å². The van der Waals surface area contributed by atoms with Crippen LogP contribution >= 0.6 is 0 Å². The Labute approximate surface area is 90.3 Å². The third kappa shape index (κ3) is 4.34. The highest BCUT2D eigenvalue weighted by molar-refractivity contribution is 5.91. The fraction of sp³-hybridized carbons (Fsp3) is 0.727. The fourth-order valence-corrected chi connectivity index (χ4v) is 1.45. The number of allylic oxidation sites excluding steroid dienone is 1. The van der Waals surface area contributed by atoms with Gasteiger partial charge in [0.1, 0.15) is 0 Å². The molecular weight excluding hydrogens is 194 g/mol. The van der Waals surface area contributed by atoms with Crippen LogP contribution in [0.2, 0.25) is 0 Å². The van der Waals surface area contributed by atoms with Crippen molar-refractivity contribution in [3.05, 3.63) is 11.8 Å². The van der Waals surface area contributed by atoms with Gasteiger partial charge in [0.2, 0.25) is 0 Å². The molecule has 0 bridgehead atoms. The van der Waals surface area contributed by atoms with Crippen molar-refractivity contribution in [1.82, 2.24) is 5.32 Å². The number of aliphatic hydroxyl groups is 1. The summed E-state index contributed by atoms with van der Waals surface area (Å²) in [5, 5.41) is 12.1. The van der Waals surface area contributed by atoms with E-state index in [4.69, 9.17) is 4.74 Å². The summed E-state index contributed by atoms with van der Waals surface area (Å²) in [4.78, 5) is 11.5. The Kier molecular flexibility index (Phi) is 5.18. The zero-order chi connectivity index (χ0) is 11.1. The lowest BCUT2D eigenvalue weighted by molar-refractivity contribution is -0.121. The summed E-state index contributed by atoms with van der Waals surface area (Å²) in [6, 6.07) is 0. The number of carbonyl (C=O) groups excluding carboxylic acids is 1. The van der Waals surface area contributed by atoms with E-state index in [1.54, 1.807) is 6.08 Å². The van der Waals surface area contributed by atoms with E-state index in [1.807, 2.05) is 6.92 Å². The van der Waals surface area contributed by atoms with Crippen molar-refractivity contribution in [2.75, 3.05) is 13.2 Å². The molecule has 2 N–H and O–H groups in total. The first kappa shape index (κ1) is 12.0. The van der Waals surface area contributed by atoms with Crippen LogP contribution < -0.4 is 5.32 Å². The monoisotopic (exact) mass is 213 g/mol. The van der Waals surface area contributed by atoms with E-state index in [9.17, 15) is 9.90 Å². The van der Waals surface area contributed by atoms with Crippen LogP contribution in [0.1, 0.15) is 32.6 Å². The van der Waals surface area contributed by atoms with Gasteiger partial charge in [0, 0.05) is 6.54 Å². The van der Waals surface area contributed by atoms with Crippen molar-refractivity contribution in [2.45, 2.75) is 38.7 Å². The number of amides is 1. The minimum Gasteiger partial charge on any atom is -0.488 e. The standard InChI is InChI=1S/C11H19NO3/c1-2-5-9(13)8-12-11(14)10-6-3-4-7-15-10/h6,9,13H,2-5,7-8H2,1H3,(H,12,14). The van der Waals surface area contributed by atoms with E-state index in [1.165, 1.54) is 0 Å². The van der Waals surface area contributed by atoms with E-state index in [-0.39, 0.29) is 5.91 Å². The molecule has 86 valence electrons. The van der Waals surface area contributed by atoms with Crippen LogP contribution in [0.15, 0.2) is 11.8 Å². The van der Waals surface area contributed by atoms with Crippen LogP contribution in [-0.4, -0.2) is 30.3 Å². The molecular formula is C11H19NO3. The van der Waals surface area contributed by atoms with Gasteiger partial charge in [-0.3, -0.25) is 4.79 Å². The first-order valence-corrected chi connectivity index (χ1v) is 5.53. The molecule has 0 aromatic heterocycles. The predicted molar refractivity (Wildman–Crippen MR) is 57.2 cm³/mol. The maximum atomic E-state index is 11.5. The lowest BCUT2D eigenvalue weighted by atomic mass is 10.2. The van der Waals surface area contributed by atoms with Gasteiger partial charge in [-0.05, 0) is 25.3 Å². The second kappa shape index (κ2) is 6.45. The summed E-state index contributed by atoms with van der Waals surface area (Å²) >= 11 is 0. The van der Waals surface area contributed by atoms with Gasteiger partial charge in [-0.2, -0.15) is 0 Å². The van der Waals surface area contributed by atoms with Crippen molar-refractivity contribution < 1.29 is 14.6 Å². The summed E-state index contributed by atoms with van der Waals surface area (Å²) < 4.78 is 5.20. The van der Waals surface area contributed by atoms with Crippen LogP contribution in [0.25, 0.3) is 0 Å². The third-order valence-electron chi connectivity index (χ3n) is 2.28. The first-order valence-electron chi connectivity index (χ1n) is 5.53. The molecule has 0 spiro atoms. The van der Waals surface area contributed by atoms with Gasteiger partial charge in [0.05, 0.1) is 12.7 Å². The minimum absolute atomic E-state index is 0.218. The largest absolute Gasteiger partial charge is 0.488 e. The van der Waals surface area contributed by atoms with Gasteiger partial charge < -0.3 is 15.2 Å². The van der Waals surface area contributed by atoms with Crippen molar-refractivity contribution in [2.24, 2.45) is 0 Å². The lowest BCUT2D eigenvalue weighted by Gasteiger charge is -2.15. The number of nitrogens with one attached hydrogen (secondary N) is 1. The molecule has 0 aromatic rings. The highest BCUT2D eigenvalue weighted by Crippen LogP contribution is 2.09. The molecule has 0 fully saturated rings. The molecule has 0 saturated carbocycles. The molecule has 1 heterocycles. The first-order chi connectivity index (χ1) is 7.24. The second-order valence-corrected chi connectivity index (χ2v) is 3.71. The normalized spacial score (nSPS) is 17.6. The van der Waals surface area contributed by atoms with Gasteiger partial charge in [0.15, 0.2) is 5.76 Å². The summed E-state index contributed by atoms with van der Waals surface area (Å²) in [6.45, 7) is 2.90. The number of aliphatic hydroxyl groups excluding tert-OH is 1. The zero-order valence-electron chi connectivity index (χ0n) is 9.16. The SMILES string of the molecule is CCCC(O)CNC(=O)C1=CCCCO1. The molecule has 15 heavy (non-hydrogen) atoms. The van der Waals surface area contributed by atoms with Gasteiger partial charge in [-0.1, -0.05) is 13.3 Å².